The fourth-order valence-electron chi connectivity index (χ4n) is 5.50. The largest absolute Gasteiger partial charge is 0.379 e. The number of nitrogens with zero attached hydrogens (tertiary/aromatic N) is 3. The molecular formula is C22H28FN3O3S. The molecule has 1 unspecified atom stereocenters. The molecule has 2 aromatic rings. The number of halogens is 1. The summed E-state index contributed by atoms with van der Waals surface area (Å²) in [6.07, 6.45) is 6.74. The van der Waals surface area contributed by atoms with Gasteiger partial charge in [-0.2, -0.15) is 4.31 Å². The highest BCUT2D eigenvalue weighted by Gasteiger charge is 2.45. The maximum absolute atomic E-state index is 14.7. The van der Waals surface area contributed by atoms with Gasteiger partial charge in [0.05, 0.1) is 18.7 Å². The normalized spacial score (nSPS) is 25.8. The van der Waals surface area contributed by atoms with Crippen molar-refractivity contribution in [2.75, 3.05) is 39.4 Å². The molecule has 3 fully saturated rings. The van der Waals surface area contributed by atoms with Gasteiger partial charge >= 0.3 is 0 Å². The Balaban J connectivity index is 1.30. The van der Waals surface area contributed by atoms with E-state index in [1.54, 1.807) is 18.3 Å². The Morgan fingerprint density at radius 1 is 1.10 bits per heavy atom. The first-order valence-corrected chi connectivity index (χ1v) is 12.3. The first-order valence-electron chi connectivity index (χ1n) is 10.8. The molecule has 1 aliphatic carbocycles. The lowest BCUT2D eigenvalue weighted by Gasteiger charge is -2.40. The predicted octanol–water partition coefficient (Wildman–Crippen LogP) is 3.03. The number of pyridine rings is 1. The van der Waals surface area contributed by atoms with Crippen LogP contribution in [0.25, 0.3) is 10.9 Å². The molecule has 162 valence electrons. The van der Waals surface area contributed by atoms with E-state index in [-0.39, 0.29) is 10.3 Å². The van der Waals surface area contributed by atoms with Gasteiger partial charge in [-0.25, -0.2) is 12.8 Å². The van der Waals surface area contributed by atoms with E-state index >= 15 is 0 Å². The summed E-state index contributed by atoms with van der Waals surface area (Å²) in [4.78, 5) is 6.41. The molecule has 0 radical (unpaired) electrons. The lowest BCUT2D eigenvalue weighted by Crippen LogP contribution is -2.45. The van der Waals surface area contributed by atoms with Crippen LogP contribution in [0.3, 0.4) is 0 Å². The number of hydrogen-bond acceptors (Lipinski definition) is 5. The minimum atomic E-state index is -3.86. The van der Waals surface area contributed by atoms with E-state index in [1.807, 2.05) is 0 Å². The summed E-state index contributed by atoms with van der Waals surface area (Å²) >= 11 is 0. The molecule has 8 heteroatoms. The van der Waals surface area contributed by atoms with Gasteiger partial charge in [0, 0.05) is 49.9 Å². The molecule has 2 saturated heterocycles. The van der Waals surface area contributed by atoms with Gasteiger partial charge in [0.1, 0.15) is 10.7 Å². The van der Waals surface area contributed by atoms with Gasteiger partial charge < -0.3 is 4.74 Å². The molecule has 1 spiro atoms. The van der Waals surface area contributed by atoms with Gasteiger partial charge in [-0.1, -0.05) is 6.07 Å². The van der Waals surface area contributed by atoms with Crippen molar-refractivity contribution in [3.8, 4) is 0 Å². The van der Waals surface area contributed by atoms with E-state index in [4.69, 9.17) is 4.74 Å². The van der Waals surface area contributed by atoms with E-state index < -0.39 is 15.8 Å². The summed E-state index contributed by atoms with van der Waals surface area (Å²) in [5.41, 5.74) is 0.688. The summed E-state index contributed by atoms with van der Waals surface area (Å²) in [6.45, 7) is 4.53. The zero-order chi connectivity index (χ0) is 20.8. The maximum atomic E-state index is 14.7. The van der Waals surface area contributed by atoms with Crippen molar-refractivity contribution in [3.05, 3.63) is 36.3 Å². The van der Waals surface area contributed by atoms with Crippen molar-refractivity contribution in [3.63, 3.8) is 0 Å². The number of aromatic nitrogens is 1. The number of fused-ring (bicyclic) bond motifs is 1. The van der Waals surface area contributed by atoms with Gasteiger partial charge in [-0.15, -0.1) is 0 Å². The van der Waals surface area contributed by atoms with E-state index in [0.717, 1.165) is 52.0 Å². The topological polar surface area (TPSA) is 62.7 Å². The highest BCUT2D eigenvalue weighted by atomic mass is 32.2. The molecule has 1 aromatic carbocycles. The number of piperidine rings is 1. The standard InChI is InChI=1S/C22H28FN3O3S/c23-19-15-20-17(2-1-7-24-20)14-21(19)30(27,28)26-8-5-22(6-9-26)4-3-18(16-22)25-10-12-29-13-11-25/h1-2,7,14-15,18H,3-6,8-13,16H2. The number of sulfonamides is 1. The Bertz CT molecular complexity index is 1030. The van der Waals surface area contributed by atoms with Crippen molar-refractivity contribution in [2.45, 2.75) is 43.0 Å². The zero-order valence-corrected chi connectivity index (χ0v) is 17.9. The second-order valence-corrected chi connectivity index (χ2v) is 10.8. The van der Waals surface area contributed by atoms with E-state index in [9.17, 15) is 12.8 Å². The highest BCUT2D eigenvalue weighted by molar-refractivity contribution is 7.89. The smallest absolute Gasteiger partial charge is 0.246 e. The van der Waals surface area contributed by atoms with Crippen LogP contribution in [-0.2, 0) is 14.8 Å². The van der Waals surface area contributed by atoms with Crippen molar-refractivity contribution >= 4 is 20.9 Å². The van der Waals surface area contributed by atoms with Crippen molar-refractivity contribution in [1.29, 1.82) is 0 Å². The van der Waals surface area contributed by atoms with Gasteiger partial charge in [0.15, 0.2) is 0 Å². The predicted molar refractivity (Wildman–Crippen MR) is 112 cm³/mol. The Kier molecular flexibility index (Phi) is 5.29. The second-order valence-electron chi connectivity index (χ2n) is 8.93. The van der Waals surface area contributed by atoms with Crippen LogP contribution in [0.1, 0.15) is 32.1 Å². The van der Waals surface area contributed by atoms with E-state index in [2.05, 4.69) is 9.88 Å². The molecule has 3 heterocycles. The third kappa shape index (κ3) is 3.64. The summed E-state index contributed by atoms with van der Waals surface area (Å²) in [5, 5.41) is 0.634. The summed E-state index contributed by atoms with van der Waals surface area (Å²) < 4.78 is 48.0. The van der Waals surface area contributed by atoms with Crippen molar-refractivity contribution in [1.82, 2.24) is 14.2 Å². The van der Waals surface area contributed by atoms with Gasteiger partial charge in [-0.3, -0.25) is 9.88 Å². The third-order valence-electron chi connectivity index (χ3n) is 7.30. The van der Waals surface area contributed by atoms with Crippen LogP contribution in [0.4, 0.5) is 4.39 Å². The first-order chi connectivity index (χ1) is 14.5. The lowest BCUT2D eigenvalue weighted by molar-refractivity contribution is 0.0137. The van der Waals surface area contributed by atoms with Crippen LogP contribution in [0.5, 0.6) is 0 Å². The Morgan fingerprint density at radius 3 is 2.63 bits per heavy atom. The van der Waals surface area contributed by atoms with E-state index in [1.165, 1.54) is 22.9 Å². The third-order valence-corrected chi connectivity index (χ3v) is 9.21. The van der Waals surface area contributed by atoms with Gasteiger partial charge in [-0.05, 0) is 49.7 Å². The molecule has 5 rings (SSSR count). The lowest BCUT2D eigenvalue weighted by atomic mass is 9.77. The molecule has 0 amide bonds. The summed E-state index contributed by atoms with van der Waals surface area (Å²) in [5.74, 6) is -0.727. The minimum Gasteiger partial charge on any atom is -0.379 e. The average Bonchev–Trinajstić information content (AvgIpc) is 3.17. The Hall–Kier alpha value is -1.61. The van der Waals surface area contributed by atoms with Crippen LogP contribution < -0.4 is 0 Å². The van der Waals surface area contributed by atoms with Crippen LogP contribution in [0.2, 0.25) is 0 Å². The van der Waals surface area contributed by atoms with Crippen LogP contribution >= 0.6 is 0 Å². The molecular weight excluding hydrogens is 405 g/mol. The first kappa shape index (κ1) is 20.3. The molecule has 1 saturated carbocycles. The minimum absolute atomic E-state index is 0.223. The number of benzene rings is 1. The monoisotopic (exact) mass is 433 g/mol. The molecule has 30 heavy (non-hydrogen) atoms. The summed E-state index contributed by atoms with van der Waals surface area (Å²) in [6, 6.07) is 6.71. The molecule has 2 aliphatic heterocycles. The van der Waals surface area contributed by atoms with Gasteiger partial charge in [0.2, 0.25) is 10.0 Å². The van der Waals surface area contributed by atoms with Crippen molar-refractivity contribution < 1.29 is 17.5 Å². The number of ether oxygens (including phenoxy) is 1. The van der Waals surface area contributed by atoms with Gasteiger partial charge in [0.25, 0.3) is 0 Å². The Morgan fingerprint density at radius 2 is 1.87 bits per heavy atom. The SMILES string of the molecule is O=S(=O)(c1cc2cccnc2cc1F)N1CCC2(CCC(N3CCOCC3)C2)CC1. The molecule has 0 bridgehead atoms. The number of rotatable bonds is 3. The molecule has 3 aliphatic rings. The zero-order valence-electron chi connectivity index (χ0n) is 17.1. The molecule has 1 aromatic heterocycles. The fraction of sp³-hybridized carbons (Fsp3) is 0.591. The number of hydrogen-bond donors (Lipinski definition) is 0. The van der Waals surface area contributed by atoms with Crippen molar-refractivity contribution in [2.24, 2.45) is 5.41 Å². The number of morpholine rings is 1. The molecule has 6 nitrogen and oxygen atoms in total. The Labute approximate surface area is 177 Å². The average molecular weight is 434 g/mol. The highest BCUT2D eigenvalue weighted by Crippen LogP contribution is 2.48. The van der Waals surface area contributed by atoms with Crippen LogP contribution in [0, 0.1) is 11.2 Å². The summed E-state index contributed by atoms with van der Waals surface area (Å²) in [7, 11) is -3.86. The second kappa shape index (κ2) is 7.82. The van der Waals surface area contributed by atoms with E-state index in [0.29, 0.717) is 30.0 Å². The molecule has 0 N–H and O–H groups in total. The maximum Gasteiger partial charge on any atom is 0.246 e. The van der Waals surface area contributed by atoms with Crippen LogP contribution in [0.15, 0.2) is 35.4 Å². The van der Waals surface area contributed by atoms with Crippen LogP contribution in [-0.4, -0.2) is 68.0 Å². The molecule has 1 atom stereocenters. The quantitative estimate of drug-likeness (QED) is 0.745. The fourth-order valence-corrected chi connectivity index (χ4v) is 7.02.